The maximum atomic E-state index is 12.9. The van der Waals surface area contributed by atoms with Crippen molar-refractivity contribution >= 4 is 17.8 Å². The SMILES string of the molecule is Cc1cc(CNC(=O)c2ccnc(N3CCN(Cc4ccc(OC(F)(F)F)cc4)C3=O)c2)no1. The Morgan fingerprint density at radius 3 is 2.62 bits per heavy atom. The predicted molar refractivity (Wildman–Crippen MR) is 113 cm³/mol. The van der Waals surface area contributed by atoms with Crippen molar-refractivity contribution in [3.05, 3.63) is 71.2 Å². The molecule has 34 heavy (non-hydrogen) atoms. The van der Waals surface area contributed by atoms with Gasteiger partial charge in [-0.1, -0.05) is 17.3 Å². The summed E-state index contributed by atoms with van der Waals surface area (Å²) in [5.41, 5.74) is 1.56. The third-order valence-electron chi connectivity index (χ3n) is 5.02. The lowest BCUT2D eigenvalue weighted by molar-refractivity contribution is -0.274. The number of benzene rings is 1. The first kappa shape index (κ1) is 23.1. The summed E-state index contributed by atoms with van der Waals surface area (Å²) >= 11 is 0. The molecule has 1 fully saturated rings. The maximum Gasteiger partial charge on any atom is 0.573 e. The van der Waals surface area contributed by atoms with E-state index in [1.807, 2.05) is 0 Å². The van der Waals surface area contributed by atoms with Gasteiger partial charge in [0.2, 0.25) is 0 Å². The topological polar surface area (TPSA) is 101 Å². The molecule has 9 nitrogen and oxygen atoms in total. The molecule has 1 aliphatic heterocycles. The lowest BCUT2D eigenvalue weighted by Gasteiger charge is -2.18. The number of alkyl halides is 3. The highest BCUT2D eigenvalue weighted by atomic mass is 19.4. The van der Waals surface area contributed by atoms with Crippen LogP contribution in [-0.2, 0) is 13.1 Å². The minimum atomic E-state index is -4.76. The van der Waals surface area contributed by atoms with Crippen molar-refractivity contribution in [2.75, 3.05) is 18.0 Å². The van der Waals surface area contributed by atoms with E-state index in [9.17, 15) is 22.8 Å². The van der Waals surface area contributed by atoms with E-state index in [-0.39, 0.29) is 30.8 Å². The maximum absolute atomic E-state index is 12.9. The molecule has 1 aromatic carbocycles. The predicted octanol–water partition coefficient (Wildman–Crippen LogP) is 3.65. The van der Waals surface area contributed by atoms with E-state index in [2.05, 4.69) is 20.2 Å². The number of aryl methyl sites for hydroxylation is 1. The fourth-order valence-corrected chi connectivity index (χ4v) is 3.44. The van der Waals surface area contributed by atoms with Gasteiger partial charge in [-0.2, -0.15) is 0 Å². The lowest BCUT2D eigenvalue weighted by atomic mass is 10.2. The number of amides is 3. The van der Waals surface area contributed by atoms with Crippen LogP contribution in [0.5, 0.6) is 5.75 Å². The number of carbonyl (C=O) groups excluding carboxylic acids is 2. The van der Waals surface area contributed by atoms with Gasteiger partial charge in [-0.3, -0.25) is 9.69 Å². The molecule has 0 radical (unpaired) electrons. The number of urea groups is 1. The number of nitrogens with one attached hydrogen (secondary N) is 1. The summed E-state index contributed by atoms with van der Waals surface area (Å²) < 4.78 is 45.7. The van der Waals surface area contributed by atoms with E-state index in [1.165, 1.54) is 47.5 Å². The summed E-state index contributed by atoms with van der Waals surface area (Å²) in [6.07, 6.45) is -3.32. The van der Waals surface area contributed by atoms with Gasteiger partial charge < -0.3 is 19.5 Å². The van der Waals surface area contributed by atoms with Gasteiger partial charge in [0.1, 0.15) is 23.0 Å². The van der Waals surface area contributed by atoms with Crippen molar-refractivity contribution in [1.82, 2.24) is 20.4 Å². The van der Waals surface area contributed by atoms with E-state index in [0.29, 0.717) is 41.5 Å². The van der Waals surface area contributed by atoms with Gasteiger partial charge >= 0.3 is 12.4 Å². The minimum Gasteiger partial charge on any atom is -0.406 e. The zero-order chi connectivity index (χ0) is 24.3. The summed E-state index contributed by atoms with van der Waals surface area (Å²) in [6.45, 7) is 2.89. The number of halogens is 3. The van der Waals surface area contributed by atoms with Crippen LogP contribution in [-0.4, -0.2) is 46.4 Å². The van der Waals surface area contributed by atoms with Crippen molar-refractivity contribution in [3.63, 3.8) is 0 Å². The van der Waals surface area contributed by atoms with Crippen molar-refractivity contribution in [1.29, 1.82) is 0 Å². The highest BCUT2D eigenvalue weighted by Crippen LogP contribution is 2.24. The van der Waals surface area contributed by atoms with Gasteiger partial charge in [-0.05, 0) is 36.8 Å². The first-order chi connectivity index (χ1) is 16.2. The third-order valence-corrected chi connectivity index (χ3v) is 5.02. The molecule has 0 saturated carbocycles. The fraction of sp³-hybridized carbons (Fsp3) is 0.273. The standard InChI is InChI=1S/C22H20F3N5O4/c1-14-10-17(28-34-14)12-27-20(31)16-6-7-26-19(11-16)30-9-8-29(21(30)32)13-15-2-4-18(5-3-15)33-22(23,24)25/h2-7,10-11H,8-9,12-13H2,1H3,(H,27,31). The number of carbonyl (C=O) groups is 2. The quantitative estimate of drug-likeness (QED) is 0.560. The van der Waals surface area contributed by atoms with E-state index >= 15 is 0 Å². The number of aromatic nitrogens is 2. The van der Waals surface area contributed by atoms with Crippen molar-refractivity contribution in [2.24, 2.45) is 0 Å². The van der Waals surface area contributed by atoms with Crippen LogP contribution < -0.4 is 15.0 Å². The molecule has 178 valence electrons. The zero-order valence-electron chi connectivity index (χ0n) is 18.0. The molecule has 1 saturated heterocycles. The first-order valence-corrected chi connectivity index (χ1v) is 10.3. The van der Waals surface area contributed by atoms with Gasteiger partial charge in [-0.25, -0.2) is 9.78 Å². The summed E-state index contributed by atoms with van der Waals surface area (Å²) in [5.74, 6) is 0.280. The number of ether oxygens (including phenoxy) is 1. The van der Waals surface area contributed by atoms with Crippen molar-refractivity contribution in [3.8, 4) is 5.75 Å². The second-order valence-corrected chi connectivity index (χ2v) is 7.56. The Balaban J connectivity index is 1.37. The summed E-state index contributed by atoms with van der Waals surface area (Å²) in [6, 6.07) is 9.79. The molecule has 4 rings (SSSR count). The van der Waals surface area contributed by atoms with E-state index in [0.717, 1.165) is 0 Å². The van der Waals surface area contributed by atoms with E-state index in [1.54, 1.807) is 17.9 Å². The highest BCUT2D eigenvalue weighted by molar-refractivity contribution is 5.97. The van der Waals surface area contributed by atoms with Crippen LogP contribution in [0.4, 0.5) is 23.8 Å². The van der Waals surface area contributed by atoms with E-state index in [4.69, 9.17) is 4.52 Å². The second-order valence-electron chi connectivity index (χ2n) is 7.56. The number of hydrogen-bond acceptors (Lipinski definition) is 6. The van der Waals surface area contributed by atoms with Gasteiger partial charge in [-0.15, -0.1) is 13.2 Å². The van der Waals surface area contributed by atoms with Crippen LogP contribution in [0.3, 0.4) is 0 Å². The van der Waals surface area contributed by atoms with Crippen LogP contribution in [0.2, 0.25) is 0 Å². The Morgan fingerprint density at radius 2 is 1.94 bits per heavy atom. The molecular weight excluding hydrogens is 455 g/mol. The van der Waals surface area contributed by atoms with Gasteiger partial charge in [0.05, 0.1) is 6.54 Å². The Hall–Kier alpha value is -4.09. The number of hydrogen-bond donors (Lipinski definition) is 1. The first-order valence-electron chi connectivity index (χ1n) is 10.3. The van der Waals surface area contributed by atoms with Crippen LogP contribution in [0, 0.1) is 6.92 Å². The molecule has 3 amide bonds. The lowest BCUT2D eigenvalue weighted by Crippen LogP contribution is -2.32. The number of anilines is 1. The van der Waals surface area contributed by atoms with Crippen LogP contribution in [0.1, 0.15) is 27.4 Å². The summed E-state index contributed by atoms with van der Waals surface area (Å²) in [5, 5.41) is 6.55. The highest BCUT2D eigenvalue weighted by Gasteiger charge is 2.32. The molecule has 12 heteroatoms. The van der Waals surface area contributed by atoms with Gasteiger partial charge in [0.15, 0.2) is 0 Å². The molecule has 2 aromatic heterocycles. The average Bonchev–Trinajstić information content (AvgIpc) is 3.38. The summed E-state index contributed by atoms with van der Waals surface area (Å²) in [4.78, 5) is 32.6. The molecule has 1 aliphatic rings. The van der Waals surface area contributed by atoms with Gasteiger partial charge in [0.25, 0.3) is 5.91 Å². The Kier molecular flexibility index (Phi) is 6.39. The zero-order valence-corrected chi connectivity index (χ0v) is 18.0. The number of rotatable bonds is 7. The molecule has 0 atom stereocenters. The van der Waals surface area contributed by atoms with Crippen LogP contribution >= 0.6 is 0 Å². The largest absolute Gasteiger partial charge is 0.573 e. The van der Waals surface area contributed by atoms with E-state index < -0.39 is 6.36 Å². The molecule has 3 heterocycles. The molecule has 1 N–H and O–H groups in total. The average molecular weight is 475 g/mol. The Labute approximate surface area is 192 Å². The fourth-order valence-electron chi connectivity index (χ4n) is 3.44. The molecular formula is C22H20F3N5O4. The third kappa shape index (κ3) is 5.63. The molecule has 0 bridgehead atoms. The van der Waals surface area contributed by atoms with Crippen LogP contribution in [0.15, 0.2) is 53.2 Å². The van der Waals surface area contributed by atoms with Crippen molar-refractivity contribution in [2.45, 2.75) is 26.4 Å². The molecule has 0 aliphatic carbocycles. The second kappa shape index (κ2) is 9.41. The smallest absolute Gasteiger partial charge is 0.406 e. The normalized spacial score (nSPS) is 13.9. The monoisotopic (exact) mass is 475 g/mol. The molecule has 0 unspecified atom stereocenters. The van der Waals surface area contributed by atoms with Gasteiger partial charge in [0, 0.05) is 37.5 Å². The number of pyridine rings is 1. The molecule has 0 spiro atoms. The summed E-state index contributed by atoms with van der Waals surface area (Å²) in [7, 11) is 0. The van der Waals surface area contributed by atoms with Crippen LogP contribution in [0.25, 0.3) is 0 Å². The minimum absolute atomic E-state index is 0.192. The molecule has 3 aromatic rings. The Morgan fingerprint density at radius 1 is 1.18 bits per heavy atom. The van der Waals surface area contributed by atoms with Crippen molar-refractivity contribution < 1.29 is 32.0 Å². The Bertz CT molecular complexity index is 1180. The number of nitrogens with zero attached hydrogens (tertiary/aromatic N) is 4.